The van der Waals surface area contributed by atoms with Gasteiger partial charge in [0.1, 0.15) is 6.10 Å². The van der Waals surface area contributed by atoms with Crippen LogP contribution in [0.5, 0.6) is 0 Å². The Morgan fingerprint density at radius 1 is 1.40 bits per heavy atom. The van der Waals surface area contributed by atoms with Crippen molar-refractivity contribution in [3.63, 3.8) is 0 Å². The van der Waals surface area contributed by atoms with Gasteiger partial charge >= 0.3 is 0 Å². The number of nitrogens with zero attached hydrogens (tertiary/aromatic N) is 1. The number of hydrogen-bond acceptors (Lipinski definition) is 3. The first kappa shape index (κ1) is 11.4. The topological polar surface area (TPSA) is 63.4 Å². The standard InChI is InChI=1S/C11H13NO3/c13-11(9-12(14)15)8-4-7-10-5-2-1-3-6-10/h1-7,11,13H,8-9H2/b7-4+/t11-/m1/s1. The number of hydrogen-bond donors (Lipinski definition) is 1. The molecule has 1 aromatic carbocycles. The Balaban J connectivity index is 2.37. The second-order valence-electron chi connectivity index (χ2n) is 3.22. The van der Waals surface area contributed by atoms with Gasteiger partial charge < -0.3 is 5.11 Å². The van der Waals surface area contributed by atoms with E-state index in [1.54, 1.807) is 6.08 Å². The van der Waals surface area contributed by atoms with E-state index < -0.39 is 17.6 Å². The zero-order valence-corrected chi connectivity index (χ0v) is 8.24. The second kappa shape index (κ2) is 5.93. The zero-order chi connectivity index (χ0) is 11.1. The number of aliphatic hydroxyl groups is 1. The third-order valence-corrected chi connectivity index (χ3v) is 1.88. The minimum atomic E-state index is -0.903. The highest BCUT2D eigenvalue weighted by atomic mass is 16.6. The zero-order valence-electron chi connectivity index (χ0n) is 8.24. The molecule has 0 aromatic heterocycles. The lowest BCUT2D eigenvalue weighted by Gasteiger charge is -2.00. The van der Waals surface area contributed by atoms with Gasteiger partial charge in [0.2, 0.25) is 6.54 Å². The van der Waals surface area contributed by atoms with E-state index in [0.717, 1.165) is 5.56 Å². The predicted molar refractivity (Wildman–Crippen MR) is 58.0 cm³/mol. The predicted octanol–water partition coefficient (Wildman–Crippen LogP) is 1.73. The Morgan fingerprint density at radius 3 is 2.67 bits per heavy atom. The van der Waals surface area contributed by atoms with Crippen molar-refractivity contribution in [2.24, 2.45) is 0 Å². The van der Waals surface area contributed by atoms with Crippen LogP contribution in [0.2, 0.25) is 0 Å². The maximum absolute atomic E-state index is 10.1. The molecule has 1 aromatic rings. The number of nitro groups is 1. The van der Waals surface area contributed by atoms with Crippen LogP contribution in [0.15, 0.2) is 36.4 Å². The van der Waals surface area contributed by atoms with Crippen molar-refractivity contribution in [3.05, 3.63) is 52.1 Å². The molecule has 0 fully saturated rings. The molecule has 0 aliphatic carbocycles. The van der Waals surface area contributed by atoms with Gasteiger partial charge in [0.05, 0.1) is 0 Å². The summed E-state index contributed by atoms with van der Waals surface area (Å²) in [5, 5.41) is 19.3. The first-order valence-corrected chi connectivity index (χ1v) is 4.70. The molecule has 0 amide bonds. The second-order valence-corrected chi connectivity index (χ2v) is 3.22. The summed E-state index contributed by atoms with van der Waals surface area (Å²) in [6.45, 7) is -0.404. The van der Waals surface area contributed by atoms with E-state index >= 15 is 0 Å². The fourth-order valence-corrected chi connectivity index (χ4v) is 1.17. The third-order valence-electron chi connectivity index (χ3n) is 1.88. The SMILES string of the molecule is O=[N+]([O-])C[C@H](O)C/C=C/c1ccccc1. The highest BCUT2D eigenvalue weighted by Crippen LogP contribution is 2.03. The van der Waals surface area contributed by atoms with Gasteiger partial charge in [0.15, 0.2) is 0 Å². The number of benzene rings is 1. The van der Waals surface area contributed by atoms with Crippen LogP contribution in [0.4, 0.5) is 0 Å². The van der Waals surface area contributed by atoms with Gasteiger partial charge in [0, 0.05) is 4.92 Å². The van der Waals surface area contributed by atoms with Crippen LogP contribution in [-0.2, 0) is 0 Å². The Labute approximate surface area is 88.0 Å². The maximum atomic E-state index is 10.1. The van der Waals surface area contributed by atoms with E-state index in [-0.39, 0.29) is 0 Å². The minimum absolute atomic E-state index is 0.301. The lowest BCUT2D eigenvalue weighted by molar-refractivity contribution is -0.490. The Morgan fingerprint density at radius 2 is 2.07 bits per heavy atom. The van der Waals surface area contributed by atoms with Gasteiger partial charge in [-0.25, -0.2) is 0 Å². The molecule has 4 heteroatoms. The van der Waals surface area contributed by atoms with E-state index in [1.807, 2.05) is 36.4 Å². The van der Waals surface area contributed by atoms with Crippen LogP contribution < -0.4 is 0 Å². The summed E-state index contributed by atoms with van der Waals surface area (Å²) >= 11 is 0. The fourth-order valence-electron chi connectivity index (χ4n) is 1.17. The number of rotatable bonds is 5. The van der Waals surface area contributed by atoms with Crippen molar-refractivity contribution < 1.29 is 10.0 Å². The molecule has 0 saturated carbocycles. The lowest BCUT2D eigenvalue weighted by atomic mass is 10.1. The van der Waals surface area contributed by atoms with E-state index in [2.05, 4.69) is 0 Å². The largest absolute Gasteiger partial charge is 0.386 e. The fraction of sp³-hybridized carbons (Fsp3) is 0.273. The van der Waals surface area contributed by atoms with Gasteiger partial charge in [0.25, 0.3) is 0 Å². The molecule has 0 aliphatic rings. The van der Waals surface area contributed by atoms with Crippen LogP contribution in [0.25, 0.3) is 6.08 Å². The summed E-state index contributed by atoms with van der Waals surface area (Å²) < 4.78 is 0. The third kappa shape index (κ3) is 4.93. The minimum Gasteiger partial charge on any atom is -0.386 e. The Hall–Kier alpha value is -1.68. The molecule has 0 saturated heterocycles. The molecule has 15 heavy (non-hydrogen) atoms. The molecule has 0 radical (unpaired) electrons. The van der Waals surface area contributed by atoms with Crippen LogP contribution in [0.3, 0.4) is 0 Å². The van der Waals surface area contributed by atoms with Gasteiger partial charge in [-0.05, 0) is 12.0 Å². The summed E-state index contributed by atoms with van der Waals surface area (Å²) in [7, 11) is 0. The average molecular weight is 207 g/mol. The lowest BCUT2D eigenvalue weighted by Crippen LogP contribution is -2.18. The Kier molecular flexibility index (Phi) is 4.50. The van der Waals surface area contributed by atoms with Gasteiger partial charge in [-0.2, -0.15) is 0 Å². The molecular formula is C11H13NO3. The van der Waals surface area contributed by atoms with Crippen molar-refractivity contribution in [1.29, 1.82) is 0 Å². The average Bonchev–Trinajstić information content (AvgIpc) is 2.18. The van der Waals surface area contributed by atoms with Gasteiger partial charge in [-0.1, -0.05) is 42.5 Å². The summed E-state index contributed by atoms with van der Waals surface area (Å²) in [4.78, 5) is 9.55. The molecule has 1 atom stereocenters. The molecular weight excluding hydrogens is 194 g/mol. The monoisotopic (exact) mass is 207 g/mol. The summed E-state index contributed by atoms with van der Waals surface area (Å²) in [5.41, 5.74) is 1.02. The summed E-state index contributed by atoms with van der Waals surface area (Å²) in [5.74, 6) is 0. The first-order chi connectivity index (χ1) is 7.18. The van der Waals surface area contributed by atoms with Crippen molar-refractivity contribution >= 4 is 6.08 Å². The van der Waals surface area contributed by atoms with E-state index in [1.165, 1.54) is 0 Å². The van der Waals surface area contributed by atoms with Gasteiger partial charge in [-0.15, -0.1) is 0 Å². The molecule has 0 unspecified atom stereocenters. The van der Waals surface area contributed by atoms with Gasteiger partial charge in [-0.3, -0.25) is 10.1 Å². The maximum Gasteiger partial charge on any atom is 0.229 e. The molecule has 0 heterocycles. The van der Waals surface area contributed by atoms with E-state index in [0.29, 0.717) is 6.42 Å². The highest BCUT2D eigenvalue weighted by molar-refractivity contribution is 5.48. The molecule has 4 nitrogen and oxygen atoms in total. The smallest absolute Gasteiger partial charge is 0.229 e. The van der Waals surface area contributed by atoms with Crippen LogP contribution in [0.1, 0.15) is 12.0 Å². The van der Waals surface area contributed by atoms with Crippen LogP contribution in [0, 0.1) is 10.1 Å². The van der Waals surface area contributed by atoms with Crippen LogP contribution in [-0.4, -0.2) is 22.7 Å². The summed E-state index contributed by atoms with van der Waals surface area (Å²) in [6, 6.07) is 9.59. The van der Waals surface area contributed by atoms with E-state index in [4.69, 9.17) is 0 Å². The molecule has 80 valence electrons. The quantitative estimate of drug-likeness (QED) is 0.590. The normalized spacial score (nSPS) is 12.9. The highest BCUT2D eigenvalue weighted by Gasteiger charge is 2.08. The Bertz CT molecular complexity index is 335. The van der Waals surface area contributed by atoms with Crippen molar-refractivity contribution in [2.45, 2.75) is 12.5 Å². The molecule has 0 aliphatic heterocycles. The van der Waals surface area contributed by atoms with E-state index in [9.17, 15) is 15.2 Å². The molecule has 0 spiro atoms. The summed E-state index contributed by atoms with van der Waals surface area (Å²) in [6.07, 6.45) is 2.97. The molecule has 1 rings (SSSR count). The molecule has 0 bridgehead atoms. The van der Waals surface area contributed by atoms with Crippen molar-refractivity contribution in [3.8, 4) is 0 Å². The first-order valence-electron chi connectivity index (χ1n) is 4.70. The molecule has 1 N–H and O–H groups in total. The van der Waals surface area contributed by atoms with Crippen LogP contribution >= 0.6 is 0 Å². The van der Waals surface area contributed by atoms with Crippen molar-refractivity contribution in [1.82, 2.24) is 0 Å². The van der Waals surface area contributed by atoms with Crippen molar-refractivity contribution in [2.75, 3.05) is 6.54 Å². The number of aliphatic hydroxyl groups excluding tert-OH is 1.